The van der Waals surface area contributed by atoms with Crippen molar-refractivity contribution in [3.63, 3.8) is 0 Å². The molecule has 0 aromatic heterocycles. The second kappa shape index (κ2) is 6.75. The fourth-order valence-corrected chi connectivity index (χ4v) is 0.915. The van der Waals surface area contributed by atoms with Crippen molar-refractivity contribution in [2.75, 3.05) is 27.2 Å². The van der Waals surface area contributed by atoms with Crippen LogP contribution in [-0.4, -0.2) is 60.4 Å². The van der Waals surface area contributed by atoms with Gasteiger partial charge in [-0.05, 0) is 21.0 Å². The molecule has 0 aliphatic carbocycles. The molecule has 0 aromatic carbocycles. The molecule has 14 heavy (non-hydrogen) atoms. The maximum Gasteiger partial charge on any atom is 0.306 e. The molecule has 0 rings (SSSR count). The molecule has 2 unspecified atom stereocenters. The Morgan fingerprint density at radius 1 is 1.43 bits per heavy atom. The Hall–Kier alpha value is -0.650. The van der Waals surface area contributed by atoms with Crippen molar-refractivity contribution in [3.05, 3.63) is 0 Å². The second-order valence-electron chi connectivity index (χ2n) is 3.72. The summed E-state index contributed by atoms with van der Waals surface area (Å²) in [6, 6.07) is 0.368. The summed E-state index contributed by atoms with van der Waals surface area (Å²) in [5, 5.41) is 20.6. The molecule has 0 saturated carbocycles. The Bertz CT molecular complexity index is 173. The number of aliphatic carboxylic acids is 1. The van der Waals surface area contributed by atoms with Crippen LogP contribution in [0, 0.1) is 0 Å². The highest BCUT2D eigenvalue weighted by Gasteiger charge is 2.10. The number of carboxylic acid groups (broad SMARTS) is 1. The molecule has 84 valence electrons. The smallest absolute Gasteiger partial charge is 0.306 e. The fraction of sp³-hybridized carbons (Fsp3) is 0.889. The number of aliphatic hydroxyl groups is 1. The van der Waals surface area contributed by atoms with Crippen molar-refractivity contribution in [1.29, 1.82) is 0 Å². The van der Waals surface area contributed by atoms with Crippen LogP contribution >= 0.6 is 0 Å². The summed E-state index contributed by atoms with van der Waals surface area (Å²) in [7, 11) is 3.94. The number of aliphatic hydroxyl groups excluding tert-OH is 1. The van der Waals surface area contributed by atoms with Gasteiger partial charge in [0.05, 0.1) is 12.5 Å². The van der Waals surface area contributed by atoms with Crippen molar-refractivity contribution in [2.45, 2.75) is 25.5 Å². The van der Waals surface area contributed by atoms with Gasteiger partial charge < -0.3 is 20.4 Å². The average molecular weight is 204 g/mol. The van der Waals surface area contributed by atoms with E-state index in [-0.39, 0.29) is 6.42 Å². The number of hydrogen-bond donors (Lipinski definition) is 3. The summed E-state index contributed by atoms with van der Waals surface area (Å²) in [6.07, 6.45) is -1.01. The molecule has 2 atom stereocenters. The van der Waals surface area contributed by atoms with Crippen LogP contribution < -0.4 is 5.32 Å². The molecule has 0 bridgehead atoms. The predicted molar refractivity (Wildman–Crippen MR) is 54.3 cm³/mol. The standard InChI is InChI=1S/C9H20N2O3/c1-7(11(2)3)5-10-6-8(12)4-9(13)14/h7-8,10,12H,4-6H2,1-3H3,(H,13,14). The number of nitrogens with one attached hydrogen (secondary N) is 1. The van der Waals surface area contributed by atoms with Gasteiger partial charge in [0.25, 0.3) is 0 Å². The highest BCUT2D eigenvalue weighted by Crippen LogP contribution is 1.91. The predicted octanol–water partition coefficient (Wildman–Crippen LogP) is -0.638. The van der Waals surface area contributed by atoms with E-state index < -0.39 is 12.1 Å². The number of nitrogens with zero attached hydrogens (tertiary/aromatic N) is 1. The fourth-order valence-electron chi connectivity index (χ4n) is 0.915. The number of carboxylic acids is 1. The van der Waals surface area contributed by atoms with E-state index in [4.69, 9.17) is 5.11 Å². The molecule has 0 fully saturated rings. The van der Waals surface area contributed by atoms with Crippen LogP contribution in [0.4, 0.5) is 0 Å². The second-order valence-corrected chi connectivity index (χ2v) is 3.72. The molecule has 5 nitrogen and oxygen atoms in total. The van der Waals surface area contributed by atoms with E-state index in [1.165, 1.54) is 0 Å². The SMILES string of the molecule is CC(CNCC(O)CC(=O)O)N(C)C. The minimum absolute atomic E-state index is 0.205. The third kappa shape index (κ3) is 6.82. The lowest BCUT2D eigenvalue weighted by Crippen LogP contribution is -2.38. The van der Waals surface area contributed by atoms with Crippen molar-refractivity contribution in [2.24, 2.45) is 0 Å². The lowest BCUT2D eigenvalue weighted by atomic mass is 10.2. The lowest BCUT2D eigenvalue weighted by Gasteiger charge is -2.20. The molecule has 0 radical (unpaired) electrons. The Balaban J connectivity index is 3.48. The third-order valence-corrected chi connectivity index (χ3v) is 2.11. The largest absolute Gasteiger partial charge is 0.481 e. The molecule has 0 aliphatic rings. The van der Waals surface area contributed by atoms with Crippen molar-refractivity contribution >= 4 is 5.97 Å². The zero-order chi connectivity index (χ0) is 11.1. The molecule has 5 heteroatoms. The summed E-state index contributed by atoms with van der Waals surface area (Å²) in [5.41, 5.74) is 0. The zero-order valence-corrected chi connectivity index (χ0v) is 9.03. The lowest BCUT2D eigenvalue weighted by molar-refractivity contribution is -0.139. The summed E-state index contributed by atoms with van der Waals surface area (Å²) in [5.74, 6) is -0.972. The summed E-state index contributed by atoms with van der Waals surface area (Å²) < 4.78 is 0. The highest BCUT2D eigenvalue weighted by atomic mass is 16.4. The zero-order valence-electron chi connectivity index (χ0n) is 9.03. The topological polar surface area (TPSA) is 72.8 Å². The van der Waals surface area contributed by atoms with E-state index in [2.05, 4.69) is 17.1 Å². The normalized spacial score (nSPS) is 15.5. The Morgan fingerprint density at radius 3 is 2.43 bits per heavy atom. The van der Waals surface area contributed by atoms with Gasteiger partial charge in [0.1, 0.15) is 0 Å². The Morgan fingerprint density at radius 2 is 2.00 bits per heavy atom. The van der Waals surface area contributed by atoms with Gasteiger partial charge >= 0.3 is 5.97 Å². The van der Waals surface area contributed by atoms with Gasteiger partial charge in [0.2, 0.25) is 0 Å². The maximum atomic E-state index is 10.2. The number of likely N-dealkylation sites (N-methyl/N-ethyl adjacent to an activating group) is 1. The summed E-state index contributed by atoms with van der Waals surface area (Å²) in [4.78, 5) is 12.3. The molecular weight excluding hydrogens is 184 g/mol. The molecule has 0 spiro atoms. The molecular formula is C9H20N2O3. The molecule has 0 amide bonds. The Kier molecular flexibility index (Phi) is 6.44. The minimum atomic E-state index is -0.972. The van der Waals surface area contributed by atoms with E-state index in [9.17, 15) is 9.90 Å². The maximum absolute atomic E-state index is 10.2. The highest BCUT2D eigenvalue weighted by molar-refractivity contribution is 5.67. The van der Waals surface area contributed by atoms with Gasteiger partial charge in [0.15, 0.2) is 0 Å². The molecule has 0 aromatic rings. The monoisotopic (exact) mass is 204 g/mol. The quantitative estimate of drug-likeness (QED) is 0.514. The van der Waals surface area contributed by atoms with Gasteiger partial charge in [0, 0.05) is 19.1 Å². The van der Waals surface area contributed by atoms with E-state index in [0.717, 1.165) is 6.54 Å². The van der Waals surface area contributed by atoms with Crippen LogP contribution in [0.25, 0.3) is 0 Å². The van der Waals surface area contributed by atoms with Crippen LogP contribution in [-0.2, 0) is 4.79 Å². The molecule has 0 heterocycles. The van der Waals surface area contributed by atoms with Crippen LogP contribution in [0.3, 0.4) is 0 Å². The third-order valence-electron chi connectivity index (χ3n) is 2.11. The van der Waals surface area contributed by atoms with Crippen molar-refractivity contribution in [3.8, 4) is 0 Å². The van der Waals surface area contributed by atoms with Crippen LogP contribution in [0.2, 0.25) is 0 Å². The first-order valence-electron chi connectivity index (χ1n) is 4.70. The average Bonchev–Trinajstić information content (AvgIpc) is 2.02. The van der Waals surface area contributed by atoms with Gasteiger partial charge in [-0.1, -0.05) is 0 Å². The van der Waals surface area contributed by atoms with Gasteiger partial charge in [-0.25, -0.2) is 0 Å². The number of hydrogen-bond acceptors (Lipinski definition) is 4. The first-order chi connectivity index (χ1) is 6.43. The first-order valence-corrected chi connectivity index (χ1v) is 4.70. The number of carbonyl (C=O) groups is 1. The van der Waals surface area contributed by atoms with Gasteiger partial charge in [-0.2, -0.15) is 0 Å². The van der Waals surface area contributed by atoms with Crippen molar-refractivity contribution < 1.29 is 15.0 Å². The summed E-state index contributed by atoms with van der Waals surface area (Å²) >= 11 is 0. The van der Waals surface area contributed by atoms with Crippen LogP contribution in [0.15, 0.2) is 0 Å². The van der Waals surface area contributed by atoms with Crippen LogP contribution in [0.1, 0.15) is 13.3 Å². The number of rotatable bonds is 7. The van der Waals surface area contributed by atoms with Gasteiger partial charge in [-0.15, -0.1) is 0 Å². The first kappa shape index (κ1) is 13.4. The summed E-state index contributed by atoms with van der Waals surface area (Å²) in [6.45, 7) is 3.12. The molecule has 3 N–H and O–H groups in total. The van der Waals surface area contributed by atoms with E-state index in [1.807, 2.05) is 14.1 Å². The van der Waals surface area contributed by atoms with E-state index in [0.29, 0.717) is 12.6 Å². The van der Waals surface area contributed by atoms with Crippen molar-refractivity contribution in [1.82, 2.24) is 10.2 Å². The van der Waals surface area contributed by atoms with Crippen LogP contribution in [0.5, 0.6) is 0 Å². The molecule has 0 aliphatic heterocycles. The van der Waals surface area contributed by atoms with E-state index in [1.54, 1.807) is 0 Å². The minimum Gasteiger partial charge on any atom is -0.481 e. The van der Waals surface area contributed by atoms with Gasteiger partial charge in [-0.3, -0.25) is 4.79 Å². The molecule has 0 saturated heterocycles. The van der Waals surface area contributed by atoms with E-state index >= 15 is 0 Å². The Labute approximate surface area is 84.7 Å².